The zero-order valence-electron chi connectivity index (χ0n) is 13.1. The number of hydrogen-bond acceptors (Lipinski definition) is 5. The molecular formula is C15H19BrN2O5S. The average Bonchev–Trinajstić information content (AvgIpc) is 2.50. The Kier molecular flexibility index (Phi) is 4.87. The van der Waals surface area contributed by atoms with E-state index in [1.165, 1.54) is 6.07 Å². The summed E-state index contributed by atoms with van der Waals surface area (Å²) in [7, 11) is -3.82. The third-order valence-corrected chi connectivity index (χ3v) is 6.23. The van der Waals surface area contributed by atoms with E-state index in [2.05, 4.69) is 26.0 Å². The number of hydrogen-bond donors (Lipinski definition) is 3. The van der Waals surface area contributed by atoms with Crippen molar-refractivity contribution in [1.82, 2.24) is 4.72 Å². The summed E-state index contributed by atoms with van der Waals surface area (Å²) in [4.78, 5) is 11.7. The minimum atomic E-state index is -3.82. The molecular weight excluding hydrogens is 400 g/mol. The SMILES string of the molecule is CC1Oc2c(cc(Br)cc2S(=O)(=O)NC2CCC(O)CC2)NC1=O. The van der Waals surface area contributed by atoms with Crippen LogP contribution in [0.4, 0.5) is 5.69 Å². The number of benzene rings is 1. The van der Waals surface area contributed by atoms with E-state index in [-0.39, 0.29) is 28.7 Å². The third kappa shape index (κ3) is 3.58. The maximum absolute atomic E-state index is 12.8. The predicted octanol–water partition coefficient (Wildman–Crippen LogP) is 1.75. The van der Waals surface area contributed by atoms with Crippen molar-refractivity contribution in [2.45, 2.75) is 55.8 Å². The lowest BCUT2D eigenvalue weighted by atomic mass is 9.94. The van der Waals surface area contributed by atoms with Crippen molar-refractivity contribution in [3.63, 3.8) is 0 Å². The molecule has 1 amide bonds. The van der Waals surface area contributed by atoms with E-state index in [1.54, 1.807) is 13.0 Å². The molecule has 7 nitrogen and oxygen atoms in total. The Labute approximate surface area is 149 Å². The first-order valence-electron chi connectivity index (χ1n) is 7.78. The molecule has 1 unspecified atom stereocenters. The lowest BCUT2D eigenvalue weighted by Crippen LogP contribution is -2.40. The van der Waals surface area contributed by atoms with Gasteiger partial charge in [-0.2, -0.15) is 0 Å². The van der Waals surface area contributed by atoms with Crippen LogP contribution in [0.5, 0.6) is 5.75 Å². The van der Waals surface area contributed by atoms with Gasteiger partial charge in [0.2, 0.25) is 10.0 Å². The summed E-state index contributed by atoms with van der Waals surface area (Å²) < 4.78 is 34.4. The van der Waals surface area contributed by atoms with Gasteiger partial charge in [0.1, 0.15) is 4.90 Å². The number of carbonyl (C=O) groups excluding carboxylic acids is 1. The first-order valence-corrected chi connectivity index (χ1v) is 10.1. The standard InChI is InChI=1S/C15H19BrN2O5S/c1-8-15(20)17-12-6-9(16)7-13(14(12)23-8)24(21,22)18-10-2-4-11(19)5-3-10/h6-8,10-11,18-19H,2-5H2,1H3,(H,17,20). The number of anilines is 1. The van der Waals surface area contributed by atoms with Gasteiger partial charge in [-0.1, -0.05) is 15.9 Å². The maximum atomic E-state index is 12.8. The number of rotatable bonds is 3. The van der Waals surface area contributed by atoms with Crippen LogP contribution in [0, 0.1) is 0 Å². The number of amides is 1. The first-order chi connectivity index (χ1) is 11.3. The zero-order chi connectivity index (χ0) is 17.5. The number of nitrogens with one attached hydrogen (secondary N) is 2. The van der Waals surface area contributed by atoms with Crippen LogP contribution >= 0.6 is 15.9 Å². The fraction of sp³-hybridized carbons (Fsp3) is 0.533. The van der Waals surface area contributed by atoms with Crippen molar-refractivity contribution in [3.05, 3.63) is 16.6 Å². The van der Waals surface area contributed by atoms with Gasteiger partial charge in [0.25, 0.3) is 5.91 Å². The van der Waals surface area contributed by atoms with Crippen LogP contribution in [0.2, 0.25) is 0 Å². The van der Waals surface area contributed by atoms with Crippen LogP contribution in [-0.4, -0.2) is 37.7 Å². The molecule has 1 fully saturated rings. The van der Waals surface area contributed by atoms with Crippen molar-refractivity contribution in [2.75, 3.05) is 5.32 Å². The largest absolute Gasteiger partial charge is 0.477 e. The van der Waals surface area contributed by atoms with E-state index < -0.39 is 16.1 Å². The molecule has 0 bridgehead atoms. The molecule has 3 N–H and O–H groups in total. The predicted molar refractivity (Wildman–Crippen MR) is 91.4 cm³/mol. The summed E-state index contributed by atoms with van der Waals surface area (Å²) in [5, 5.41) is 12.2. The van der Waals surface area contributed by atoms with Crippen molar-refractivity contribution in [2.24, 2.45) is 0 Å². The fourth-order valence-corrected chi connectivity index (χ4v) is 5.02. The topological polar surface area (TPSA) is 105 Å². The number of fused-ring (bicyclic) bond motifs is 1. The molecule has 1 aromatic rings. The molecule has 132 valence electrons. The fourth-order valence-electron chi connectivity index (χ4n) is 2.92. The smallest absolute Gasteiger partial charge is 0.265 e. The Hall–Kier alpha value is -1.16. The number of aliphatic hydroxyl groups excluding tert-OH is 1. The highest BCUT2D eigenvalue weighted by atomic mass is 79.9. The Bertz CT molecular complexity index is 759. The molecule has 2 aliphatic rings. The lowest BCUT2D eigenvalue weighted by Gasteiger charge is -2.28. The van der Waals surface area contributed by atoms with Crippen molar-refractivity contribution in [1.29, 1.82) is 0 Å². The lowest BCUT2D eigenvalue weighted by molar-refractivity contribution is -0.122. The second-order valence-corrected chi connectivity index (χ2v) is 8.75. The monoisotopic (exact) mass is 418 g/mol. The van der Waals surface area contributed by atoms with Crippen LogP contribution in [0.15, 0.2) is 21.5 Å². The molecule has 3 rings (SSSR count). The average molecular weight is 419 g/mol. The molecule has 1 saturated carbocycles. The van der Waals surface area contributed by atoms with Crippen LogP contribution < -0.4 is 14.8 Å². The Morgan fingerprint density at radius 2 is 1.96 bits per heavy atom. The van der Waals surface area contributed by atoms with E-state index in [4.69, 9.17) is 4.74 Å². The number of halogens is 1. The molecule has 0 aromatic heterocycles. The van der Waals surface area contributed by atoms with Crippen molar-refractivity contribution >= 4 is 37.5 Å². The van der Waals surface area contributed by atoms with Gasteiger partial charge >= 0.3 is 0 Å². The van der Waals surface area contributed by atoms with Crippen molar-refractivity contribution < 1.29 is 23.1 Å². The summed E-state index contributed by atoms with van der Waals surface area (Å²) in [5.41, 5.74) is 0.326. The molecule has 1 aromatic carbocycles. The summed E-state index contributed by atoms with van der Waals surface area (Å²) >= 11 is 3.27. The normalized spacial score (nSPS) is 27.1. The molecule has 0 saturated heterocycles. The first kappa shape index (κ1) is 17.7. The Morgan fingerprint density at radius 3 is 2.62 bits per heavy atom. The van der Waals surface area contributed by atoms with E-state index >= 15 is 0 Å². The minimum Gasteiger partial charge on any atom is -0.477 e. The highest BCUT2D eigenvalue weighted by Crippen LogP contribution is 2.39. The summed E-state index contributed by atoms with van der Waals surface area (Å²) in [5.74, 6) is -0.174. The molecule has 1 heterocycles. The van der Waals surface area contributed by atoms with Crippen LogP contribution in [0.3, 0.4) is 0 Å². The quantitative estimate of drug-likeness (QED) is 0.693. The van der Waals surface area contributed by atoms with Crippen LogP contribution in [0.1, 0.15) is 32.6 Å². The summed E-state index contributed by atoms with van der Waals surface area (Å²) in [6, 6.07) is 2.85. The van der Waals surface area contributed by atoms with Gasteiger partial charge in [0, 0.05) is 10.5 Å². The summed E-state index contributed by atoms with van der Waals surface area (Å²) in [6.45, 7) is 1.56. The second-order valence-electron chi connectivity index (χ2n) is 6.16. The van der Waals surface area contributed by atoms with Crippen LogP contribution in [-0.2, 0) is 14.8 Å². The van der Waals surface area contributed by atoms with Gasteiger partial charge in [0.05, 0.1) is 11.8 Å². The number of aliphatic hydroxyl groups is 1. The number of sulfonamides is 1. The Morgan fingerprint density at radius 1 is 1.29 bits per heavy atom. The molecule has 1 atom stereocenters. The maximum Gasteiger partial charge on any atom is 0.265 e. The van der Waals surface area contributed by atoms with E-state index in [0.717, 1.165) is 0 Å². The highest BCUT2D eigenvalue weighted by Gasteiger charge is 2.33. The molecule has 24 heavy (non-hydrogen) atoms. The Balaban J connectivity index is 1.92. The molecule has 9 heteroatoms. The van der Waals surface area contributed by atoms with Gasteiger partial charge in [-0.25, -0.2) is 13.1 Å². The van der Waals surface area contributed by atoms with Crippen molar-refractivity contribution in [3.8, 4) is 5.75 Å². The minimum absolute atomic E-state index is 0.00940. The van der Waals surface area contributed by atoms with Crippen LogP contribution in [0.25, 0.3) is 0 Å². The molecule has 0 radical (unpaired) electrons. The molecule has 1 aliphatic heterocycles. The van der Waals surface area contributed by atoms with Gasteiger partial charge in [0.15, 0.2) is 11.9 Å². The van der Waals surface area contributed by atoms with Gasteiger partial charge in [-0.05, 0) is 44.7 Å². The molecule has 1 aliphatic carbocycles. The van der Waals surface area contributed by atoms with E-state index in [0.29, 0.717) is 35.8 Å². The van der Waals surface area contributed by atoms with Gasteiger partial charge in [-0.15, -0.1) is 0 Å². The zero-order valence-corrected chi connectivity index (χ0v) is 15.5. The molecule has 0 spiro atoms. The number of carbonyl (C=O) groups is 1. The second kappa shape index (κ2) is 6.62. The number of ether oxygens (including phenoxy) is 1. The van der Waals surface area contributed by atoms with E-state index in [9.17, 15) is 18.3 Å². The third-order valence-electron chi connectivity index (χ3n) is 4.25. The highest BCUT2D eigenvalue weighted by molar-refractivity contribution is 9.10. The van der Waals surface area contributed by atoms with Gasteiger partial charge < -0.3 is 15.2 Å². The summed E-state index contributed by atoms with van der Waals surface area (Å²) in [6.07, 6.45) is 1.21. The van der Waals surface area contributed by atoms with Gasteiger partial charge in [-0.3, -0.25) is 4.79 Å². The van der Waals surface area contributed by atoms with E-state index in [1.807, 2.05) is 0 Å².